The molecule has 0 spiro atoms. The normalized spacial score (nSPS) is 13.0. The molecule has 0 radical (unpaired) electrons. The highest BCUT2D eigenvalue weighted by molar-refractivity contribution is 7.13. The van der Waals surface area contributed by atoms with Crippen LogP contribution in [0.4, 0.5) is 5.69 Å². The summed E-state index contributed by atoms with van der Waals surface area (Å²) in [6.07, 6.45) is 2.16. The molecule has 4 aromatic rings. The van der Waals surface area contributed by atoms with Crippen molar-refractivity contribution in [3.05, 3.63) is 108 Å². The van der Waals surface area contributed by atoms with E-state index in [4.69, 9.17) is 0 Å². The van der Waals surface area contributed by atoms with E-state index in [2.05, 4.69) is 100 Å². The Morgan fingerprint density at radius 2 is 1.70 bits per heavy atom. The van der Waals surface area contributed by atoms with Crippen molar-refractivity contribution in [2.45, 2.75) is 13.1 Å². The van der Waals surface area contributed by atoms with Crippen molar-refractivity contribution in [3.8, 4) is 10.4 Å². The summed E-state index contributed by atoms with van der Waals surface area (Å²) in [6, 6.07) is 26.0. The molecule has 0 aliphatic carbocycles. The first-order valence-electron chi connectivity index (χ1n) is 9.12. The molecule has 0 bridgehead atoms. The summed E-state index contributed by atoms with van der Waals surface area (Å²) in [4.78, 5) is 3.64. The fourth-order valence-corrected chi connectivity index (χ4v) is 4.49. The Hall–Kier alpha value is -3.04. The summed E-state index contributed by atoms with van der Waals surface area (Å²) in [5, 5.41) is 2.12. The second-order valence-corrected chi connectivity index (χ2v) is 7.79. The number of benzene rings is 2. The minimum atomic E-state index is 0.829. The molecule has 5 rings (SSSR count). The third kappa shape index (κ3) is 2.90. The molecule has 2 nitrogen and oxygen atoms in total. The monoisotopic (exact) mass is 368 g/mol. The minimum Gasteiger partial charge on any atom is -0.345 e. The van der Waals surface area contributed by atoms with Crippen LogP contribution in [0.25, 0.3) is 16.1 Å². The zero-order valence-corrected chi connectivity index (χ0v) is 15.8. The molecule has 0 atom stereocenters. The number of thiophene rings is 1. The van der Waals surface area contributed by atoms with Crippen molar-refractivity contribution in [2.24, 2.45) is 0 Å². The van der Waals surface area contributed by atoms with Crippen LogP contribution < -0.4 is 4.90 Å². The van der Waals surface area contributed by atoms with Gasteiger partial charge in [-0.15, -0.1) is 11.3 Å². The summed E-state index contributed by atoms with van der Waals surface area (Å²) in [5.74, 6) is 0. The van der Waals surface area contributed by atoms with Gasteiger partial charge in [-0.05, 0) is 46.3 Å². The molecule has 0 unspecified atom stereocenters. The maximum atomic E-state index is 4.46. The molecule has 3 heterocycles. The van der Waals surface area contributed by atoms with Crippen molar-refractivity contribution in [2.75, 3.05) is 4.90 Å². The molecule has 0 fully saturated rings. The molecule has 1 aliphatic heterocycles. The summed E-state index contributed by atoms with van der Waals surface area (Å²) in [5.41, 5.74) is 7.33. The highest BCUT2D eigenvalue weighted by Crippen LogP contribution is 2.34. The molecular weight excluding hydrogens is 348 g/mol. The van der Waals surface area contributed by atoms with Crippen molar-refractivity contribution < 1.29 is 0 Å². The Kier molecular flexibility index (Phi) is 3.95. The number of hydrogen-bond acceptors (Lipinski definition) is 2. The molecule has 1 aliphatic rings. The van der Waals surface area contributed by atoms with Crippen LogP contribution in [0.5, 0.6) is 0 Å². The molecule has 0 saturated heterocycles. The average molecular weight is 369 g/mol. The maximum absolute atomic E-state index is 4.46. The van der Waals surface area contributed by atoms with Crippen molar-refractivity contribution in [1.29, 1.82) is 0 Å². The van der Waals surface area contributed by atoms with Gasteiger partial charge in [0.05, 0.1) is 6.54 Å². The van der Waals surface area contributed by atoms with Gasteiger partial charge in [-0.2, -0.15) is 0 Å². The summed E-state index contributed by atoms with van der Waals surface area (Å²) in [6.45, 7) is 6.19. The Bertz CT molecular complexity index is 1090. The van der Waals surface area contributed by atoms with Crippen LogP contribution in [-0.2, 0) is 13.1 Å². The van der Waals surface area contributed by atoms with Gasteiger partial charge < -0.3 is 9.47 Å². The summed E-state index contributed by atoms with van der Waals surface area (Å²) < 4.78 is 2.33. The van der Waals surface area contributed by atoms with E-state index in [1.807, 2.05) is 0 Å². The summed E-state index contributed by atoms with van der Waals surface area (Å²) >= 11 is 1.77. The molecule has 0 amide bonds. The van der Waals surface area contributed by atoms with E-state index in [1.54, 1.807) is 11.3 Å². The van der Waals surface area contributed by atoms with E-state index < -0.39 is 0 Å². The van der Waals surface area contributed by atoms with Gasteiger partial charge in [-0.25, -0.2) is 0 Å². The van der Waals surface area contributed by atoms with Gasteiger partial charge >= 0.3 is 0 Å². The number of para-hydroxylation sites is 1. The lowest BCUT2D eigenvalue weighted by molar-refractivity contribution is 0.764. The van der Waals surface area contributed by atoms with Crippen LogP contribution in [0.3, 0.4) is 0 Å². The molecule has 2 aromatic heterocycles. The lowest BCUT2D eigenvalue weighted by Crippen LogP contribution is -2.20. The van der Waals surface area contributed by atoms with Crippen molar-refractivity contribution in [3.63, 3.8) is 0 Å². The van der Waals surface area contributed by atoms with Crippen LogP contribution in [0.15, 0.2) is 91.0 Å². The Morgan fingerprint density at radius 3 is 2.52 bits per heavy atom. The molecule has 0 saturated carbocycles. The standard InChI is InChI=1S/C24H20N2S/c1-18(19-10-12-20(13-11-19)24-9-5-15-27-24)26-17-22-7-4-14-25(22)16-21-6-2-3-8-23(21)26/h2-15H,1,16-17H2. The zero-order chi connectivity index (χ0) is 18.2. The van der Waals surface area contributed by atoms with Gasteiger partial charge in [-0.1, -0.05) is 55.1 Å². The Morgan fingerprint density at radius 1 is 0.852 bits per heavy atom. The quantitative estimate of drug-likeness (QED) is 0.414. The van der Waals surface area contributed by atoms with Gasteiger partial charge in [0, 0.05) is 34.7 Å². The van der Waals surface area contributed by atoms with Gasteiger partial charge in [-0.3, -0.25) is 0 Å². The lowest BCUT2D eigenvalue weighted by Gasteiger charge is -2.27. The van der Waals surface area contributed by atoms with Crippen LogP contribution >= 0.6 is 11.3 Å². The summed E-state index contributed by atoms with van der Waals surface area (Å²) in [7, 11) is 0. The predicted octanol–water partition coefficient (Wildman–Crippen LogP) is 6.26. The number of hydrogen-bond donors (Lipinski definition) is 0. The van der Waals surface area contributed by atoms with E-state index in [0.29, 0.717) is 0 Å². The largest absolute Gasteiger partial charge is 0.345 e. The third-order valence-electron chi connectivity index (χ3n) is 5.22. The predicted molar refractivity (Wildman–Crippen MR) is 115 cm³/mol. The number of nitrogens with zero attached hydrogens (tertiary/aromatic N) is 2. The molecule has 27 heavy (non-hydrogen) atoms. The highest BCUT2D eigenvalue weighted by atomic mass is 32.1. The average Bonchev–Trinajstić information content (AvgIpc) is 3.37. The van der Waals surface area contributed by atoms with Crippen LogP contribution in [0.1, 0.15) is 16.8 Å². The lowest BCUT2D eigenvalue weighted by atomic mass is 10.1. The first-order valence-corrected chi connectivity index (χ1v) is 10.0. The fraction of sp³-hybridized carbons (Fsp3) is 0.0833. The molecule has 132 valence electrons. The molecule has 0 N–H and O–H groups in total. The highest BCUT2D eigenvalue weighted by Gasteiger charge is 2.21. The van der Waals surface area contributed by atoms with Gasteiger partial charge in [0.1, 0.15) is 0 Å². The SMILES string of the molecule is C=C(c1ccc(-c2cccs2)cc1)N1Cc2cccn2Cc2ccccc21. The van der Waals surface area contributed by atoms with Crippen molar-refractivity contribution in [1.82, 2.24) is 4.57 Å². The first kappa shape index (κ1) is 16.2. The zero-order valence-electron chi connectivity index (χ0n) is 15.0. The number of anilines is 1. The maximum Gasteiger partial charge on any atom is 0.0634 e. The van der Waals surface area contributed by atoms with Crippen LogP contribution in [0, 0.1) is 0 Å². The first-order chi connectivity index (χ1) is 13.3. The van der Waals surface area contributed by atoms with E-state index in [-0.39, 0.29) is 0 Å². The van der Waals surface area contributed by atoms with Gasteiger partial charge in [0.15, 0.2) is 0 Å². The molecular formula is C24H20N2S. The minimum absolute atomic E-state index is 0.829. The number of aromatic nitrogens is 1. The number of rotatable bonds is 3. The van der Waals surface area contributed by atoms with Gasteiger partial charge in [0.2, 0.25) is 0 Å². The van der Waals surface area contributed by atoms with Crippen molar-refractivity contribution >= 4 is 22.7 Å². The molecule has 3 heteroatoms. The Labute approximate surface area is 163 Å². The van der Waals surface area contributed by atoms with E-state index >= 15 is 0 Å². The van der Waals surface area contributed by atoms with E-state index in [0.717, 1.165) is 24.4 Å². The third-order valence-corrected chi connectivity index (χ3v) is 6.14. The van der Waals surface area contributed by atoms with Crippen LogP contribution in [-0.4, -0.2) is 4.57 Å². The second-order valence-electron chi connectivity index (χ2n) is 6.84. The van der Waals surface area contributed by atoms with Gasteiger partial charge in [0.25, 0.3) is 0 Å². The fourth-order valence-electron chi connectivity index (χ4n) is 3.75. The Balaban J connectivity index is 1.52. The topological polar surface area (TPSA) is 8.17 Å². The number of fused-ring (bicyclic) bond motifs is 2. The second kappa shape index (κ2) is 6.60. The van der Waals surface area contributed by atoms with E-state index in [1.165, 1.54) is 27.4 Å². The van der Waals surface area contributed by atoms with E-state index in [9.17, 15) is 0 Å². The van der Waals surface area contributed by atoms with Crippen LogP contribution in [0.2, 0.25) is 0 Å². The molecule has 2 aromatic carbocycles. The smallest absolute Gasteiger partial charge is 0.0634 e.